The number of rotatable bonds is 4. The molecular weight excluding hydrogens is 320 g/mol. The fourth-order valence-corrected chi connectivity index (χ4v) is 2.44. The van der Waals surface area contributed by atoms with Gasteiger partial charge in [0.15, 0.2) is 5.11 Å². The van der Waals surface area contributed by atoms with E-state index >= 15 is 0 Å². The van der Waals surface area contributed by atoms with Crippen molar-refractivity contribution in [2.45, 2.75) is 25.9 Å². The van der Waals surface area contributed by atoms with Gasteiger partial charge in [-0.1, -0.05) is 6.07 Å². The lowest BCUT2D eigenvalue weighted by molar-refractivity contribution is -0.385. The molecule has 8 nitrogen and oxygen atoms in total. The fourth-order valence-electron chi connectivity index (χ4n) is 2.30. The van der Waals surface area contributed by atoms with Gasteiger partial charge >= 0.3 is 0 Å². The Balaban J connectivity index is 1.85. The van der Waals surface area contributed by atoms with Crippen LogP contribution in [0.1, 0.15) is 28.8 Å². The van der Waals surface area contributed by atoms with E-state index in [1.54, 1.807) is 0 Å². The first-order valence-corrected chi connectivity index (χ1v) is 7.59. The Hall–Kier alpha value is -2.26. The van der Waals surface area contributed by atoms with Gasteiger partial charge in [0.2, 0.25) is 0 Å². The lowest BCUT2D eigenvalue weighted by Gasteiger charge is -2.15. The Labute approximate surface area is 138 Å². The third-order valence-electron chi connectivity index (χ3n) is 3.55. The van der Waals surface area contributed by atoms with Crippen molar-refractivity contribution in [3.05, 3.63) is 39.4 Å². The number of ether oxygens (including phenoxy) is 1. The number of thiocarbonyl (C=S) groups is 1. The number of nitrogens with zero attached hydrogens (tertiary/aromatic N) is 1. The molecule has 1 atom stereocenters. The summed E-state index contributed by atoms with van der Waals surface area (Å²) in [5.41, 5.74) is 5.42. The van der Waals surface area contributed by atoms with Crippen LogP contribution in [0.25, 0.3) is 0 Å². The number of amides is 1. The number of hydrogen-bond donors (Lipinski definition) is 3. The summed E-state index contributed by atoms with van der Waals surface area (Å²) >= 11 is 5.06. The first-order valence-electron chi connectivity index (χ1n) is 7.19. The molecular formula is C14H18N4O4S. The van der Waals surface area contributed by atoms with Crippen LogP contribution in [0.5, 0.6) is 0 Å². The van der Waals surface area contributed by atoms with Crippen LogP contribution in [0.3, 0.4) is 0 Å². The molecule has 0 aromatic heterocycles. The lowest BCUT2D eigenvalue weighted by Crippen LogP contribution is -2.48. The maximum atomic E-state index is 12.1. The highest BCUT2D eigenvalue weighted by molar-refractivity contribution is 7.80. The predicted octanol–water partition coefficient (Wildman–Crippen LogP) is 1.19. The topological polar surface area (TPSA) is 106 Å². The van der Waals surface area contributed by atoms with Crippen LogP contribution in [0, 0.1) is 17.0 Å². The molecule has 0 aliphatic carbocycles. The maximum Gasteiger partial charge on any atom is 0.273 e. The van der Waals surface area contributed by atoms with Crippen molar-refractivity contribution in [3.8, 4) is 0 Å². The minimum Gasteiger partial charge on any atom is -0.376 e. The number of carbonyl (C=O) groups is 1. The molecule has 1 amide bonds. The molecule has 23 heavy (non-hydrogen) atoms. The van der Waals surface area contributed by atoms with Crippen molar-refractivity contribution >= 4 is 28.9 Å². The molecule has 1 fully saturated rings. The number of benzene rings is 1. The number of carbonyl (C=O) groups excluding carboxylic acids is 1. The molecule has 0 radical (unpaired) electrons. The zero-order valence-corrected chi connectivity index (χ0v) is 13.4. The summed E-state index contributed by atoms with van der Waals surface area (Å²) < 4.78 is 5.45. The van der Waals surface area contributed by atoms with Crippen molar-refractivity contribution in [3.63, 3.8) is 0 Å². The van der Waals surface area contributed by atoms with Crippen molar-refractivity contribution in [2.75, 3.05) is 13.2 Å². The van der Waals surface area contributed by atoms with Crippen LogP contribution < -0.4 is 16.2 Å². The quantitative estimate of drug-likeness (QED) is 0.430. The summed E-state index contributed by atoms with van der Waals surface area (Å²) in [5.74, 6) is -0.493. The van der Waals surface area contributed by atoms with E-state index in [2.05, 4.69) is 16.2 Å². The highest BCUT2D eigenvalue weighted by Gasteiger charge is 2.18. The second kappa shape index (κ2) is 7.84. The normalized spacial score (nSPS) is 16.7. The lowest BCUT2D eigenvalue weighted by atomic mass is 10.1. The average Bonchev–Trinajstić information content (AvgIpc) is 3.04. The van der Waals surface area contributed by atoms with Crippen molar-refractivity contribution in [1.82, 2.24) is 16.2 Å². The average molecular weight is 338 g/mol. The van der Waals surface area contributed by atoms with E-state index in [0.717, 1.165) is 19.4 Å². The number of nitro groups is 1. The molecule has 1 aromatic carbocycles. The Morgan fingerprint density at radius 1 is 1.48 bits per heavy atom. The van der Waals surface area contributed by atoms with Crippen LogP contribution in [0.15, 0.2) is 18.2 Å². The number of nitro benzene ring substituents is 1. The Morgan fingerprint density at radius 3 is 2.91 bits per heavy atom. The van der Waals surface area contributed by atoms with E-state index < -0.39 is 10.8 Å². The van der Waals surface area contributed by atoms with Crippen LogP contribution in [0.4, 0.5) is 5.69 Å². The Morgan fingerprint density at radius 2 is 2.26 bits per heavy atom. The molecule has 1 heterocycles. The third-order valence-corrected chi connectivity index (χ3v) is 3.80. The SMILES string of the molecule is Cc1c(C(=O)NNC(=S)NC[C@@H]2CCCO2)cccc1[N+](=O)[O-]. The molecule has 1 aliphatic heterocycles. The van der Waals surface area contributed by atoms with Crippen molar-refractivity contribution in [2.24, 2.45) is 0 Å². The summed E-state index contributed by atoms with van der Waals surface area (Å²) in [6, 6.07) is 4.34. The monoisotopic (exact) mass is 338 g/mol. The van der Waals surface area contributed by atoms with Gasteiger partial charge in [0.25, 0.3) is 11.6 Å². The maximum absolute atomic E-state index is 12.1. The Bertz CT molecular complexity index is 617. The van der Waals surface area contributed by atoms with Gasteiger partial charge in [-0.15, -0.1) is 0 Å². The van der Waals surface area contributed by atoms with Crippen LogP contribution >= 0.6 is 12.2 Å². The van der Waals surface area contributed by atoms with Crippen LogP contribution in [0.2, 0.25) is 0 Å². The smallest absolute Gasteiger partial charge is 0.273 e. The minimum atomic E-state index is -0.521. The van der Waals surface area contributed by atoms with Crippen molar-refractivity contribution in [1.29, 1.82) is 0 Å². The number of hydrogen-bond acceptors (Lipinski definition) is 5. The van der Waals surface area contributed by atoms with Gasteiger partial charge in [0, 0.05) is 24.8 Å². The first-order chi connectivity index (χ1) is 11.0. The molecule has 0 bridgehead atoms. The summed E-state index contributed by atoms with van der Waals surface area (Å²) in [6.45, 7) is 2.86. The molecule has 1 aliphatic rings. The summed E-state index contributed by atoms with van der Waals surface area (Å²) in [4.78, 5) is 22.5. The highest BCUT2D eigenvalue weighted by atomic mass is 32.1. The van der Waals surface area contributed by atoms with Crippen LogP contribution in [-0.4, -0.2) is 35.2 Å². The van der Waals surface area contributed by atoms with E-state index in [0.29, 0.717) is 12.1 Å². The van der Waals surface area contributed by atoms with E-state index in [1.807, 2.05) is 0 Å². The second-order valence-electron chi connectivity index (χ2n) is 5.13. The van der Waals surface area contributed by atoms with Gasteiger partial charge in [0.05, 0.1) is 16.6 Å². The predicted molar refractivity (Wildman–Crippen MR) is 88.0 cm³/mol. The third kappa shape index (κ3) is 4.60. The molecule has 0 saturated carbocycles. The molecule has 1 saturated heterocycles. The van der Waals surface area contributed by atoms with E-state index in [1.165, 1.54) is 25.1 Å². The van der Waals surface area contributed by atoms with Gasteiger partial charge in [0.1, 0.15) is 0 Å². The van der Waals surface area contributed by atoms with Gasteiger partial charge in [-0.25, -0.2) is 0 Å². The van der Waals surface area contributed by atoms with E-state index in [4.69, 9.17) is 17.0 Å². The fraction of sp³-hybridized carbons (Fsp3) is 0.429. The minimum absolute atomic E-state index is 0.100. The molecule has 3 N–H and O–H groups in total. The zero-order chi connectivity index (χ0) is 16.8. The second-order valence-corrected chi connectivity index (χ2v) is 5.54. The van der Waals surface area contributed by atoms with Gasteiger partial charge in [-0.05, 0) is 38.0 Å². The molecule has 124 valence electrons. The van der Waals surface area contributed by atoms with Gasteiger partial charge < -0.3 is 10.1 Å². The van der Waals surface area contributed by atoms with E-state index in [-0.39, 0.29) is 22.5 Å². The molecule has 0 unspecified atom stereocenters. The summed E-state index contributed by atoms with van der Waals surface area (Å²) in [6.07, 6.45) is 2.15. The zero-order valence-electron chi connectivity index (χ0n) is 12.6. The largest absolute Gasteiger partial charge is 0.376 e. The summed E-state index contributed by atoms with van der Waals surface area (Å²) in [7, 11) is 0. The molecule has 1 aromatic rings. The highest BCUT2D eigenvalue weighted by Crippen LogP contribution is 2.20. The van der Waals surface area contributed by atoms with Crippen LogP contribution in [-0.2, 0) is 4.74 Å². The van der Waals surface area contributed by atoms with E-state index in [9.17, 15) is 14.9 Å². The Kier molecular flexibility index (Phi) is 5.83. The van der Waals surface area contributed by atoms with Crippen molar-refractivity contribution < 1.29 is 14.5 Å². The number of nitrogens with one attached hydrogen (secondary N) is 3. The number of hydrazine groups is 1. The standard InChI is InChI=1S/C14H18N4O4S/c1-9-11(5-2-6-12(9)18(20)21)13(19)16-17-14(23)15-8-10-4-3-7-22-10/h2,5-6,10H,3-4,7-8H2,1H3,(H,16,19)(H2,15,17,23)/t10-/m0/s1. The first kappa shape index (κ1) is 17.1. The molecule has 0 spiro atoms. The van der Waals surface area contributed by atoms with Gasteiger partial charge in [-0.3, -0.25) is 25.8 Å². The molecule has 9 heteroatoms. The summed E-state index contributed by atoms with van der Waals surface area (Å²) in [5, 5.41) is 14.1. The van der Waals surface area contributed by atoms with Gasteiger partial charge in [-0.2, -0.15) is 0 Å². The molecule has 2 rings (SSSR count).